The maximum atomic E-state index is 14.4. The van der Waals surface area contributed by atoms with E-state index < -0.39 is 54.1 Å². The lowest BCUT2D eigenvalue weighted by molar-refractivity contribution is -0.143. The third-order valence-electron chi connectivity index (χ3n) is 15.1. The fraction of sp³-hybridized carbons (Fsp3) is 0.632. The molecule has 0 radical (unpaired) electrons. The van der Waals surface area contributed by atoms with E-state index in [2.05, 4.69) is 42.6 Å². The summed E-state index contributed by atoms with van der Waals surface area (Å²) in [5, 5.41) is 6.82. The number of carbonyl (C=O) groups excluding carboxylic acids is 7. The van der Waals surface area contributed by atoms with Crippen LogP contribution in [0, 0.1) is 29.6 Å². The van der Waals surface area contributed by atoms with Crippen molar-refractivity contribution >= 4 is 52.1 Å². The summed E-state index contributed by atoms with van der Waals surface area (Å²) in [6.07, 6.45) is 6.04. The first-order chi connectivity index (χ1) is 36.2. The van der Waals surface area contributed by atoms with Crippen LogP contribution in [0.3, 0.4) is 0 Å². The first-order valence-electron chi connectivity index (χ1n) is 26.8. The third kappa shape index (κ3) is 17.5. The summed E-state index contributed by atoms with van der Waals surface area (Å²) in [5.74, 6) is -3.86. The summed E-state index contributed by atoms with van der Waals surface area (Å²) in [5.41, 5.74) is 8.55. The summed E-state index contributed by atoms with van der Waals surface area (Å²) < 4.78 is 28.9. The summed E-state index contributed by atoms with van der Waals surface area (Å²) >= 11 is 0. The number of nitrogens with two attached hydrogens (primary N) is 1. The van der Waals surface area contributed by atoms with Crippen molar-refractivity contribution in [2.24, 2.45) is 35.3 Å². The molecule has 0 bridgehead atoms. The average molecular weight is 1060 g/mol. The third-order valence-corrected chi connectivity index (χ3v) is 15.1. The number of hydrogen-bond donors (Lipinski definition) is 4. The Kier molecular flexibility index (Phi) is 25.7. The molecule has 2 aliphatic rings. The Bertz CT molecular complexity index is 2310. The van der Waals surface area contributed by atoms with Gasteiger partial charge >= 0.3 is 0 Å². The molecule has 1 saturated heterocycles. The quantitative estimate of drug-likeness (QED) is 0.0318. The highest BCUT2D eigenvalue weighted by molar-refractivity contribution is 6.12. The number of ether oxygens (including phenoxy) is 5. The lowest BCUT2D eigenvalue weighted by Crippen LogP contribution is -2.53. The minimum Gasteiger partial charge on any atom is -0.381 e. The number of carbonyl (C=O) groups is 7. The van der Waals surface area contributed by atoms with Crippen LogP contribution in [0.15, 0.2) is 66.9 Å². The van der Waals surface area contributed by atoms with Crippen molar-refractivity contribution in [2.75, 3.05) is 80.5 Å². The van der Waals surface area contributed by atoms with Gasteiger partial charge in [0.2, 0.25) is 23.6 Å². The van der Waals surface area contributed by atoms with Gasteiger partial charge in [-0.25, -0.2) is 0 Å². The standard InChI is InChI=1S/C57H87N7O12/c1-13-37(6)43(47(72-11)33-50(67)63-22-16-19-46(63)54(73-12)40(9)56(70)60-45(55(58)69)32-41-34-59-44-18-15-14-17-42(41)44)31-38(7)39(8)53(68)51(35(2)3)61-57(71)52(36(4)5)62(10)23-25-74-27-29-76-30-28-75-26-24-64-48(65)20-21-49(64)66/h14-15,17-18,20-21,34-35,37-38,40,43,45-47,51-52,54,59H,4,8,13,16,19,22-33H2,1-3,5-7,9-12H3,(H2,58,69)(H,60,70)(H,61,71)/t37-,38?,40+,43?,45-,46-,47+,51-,52-,54+/m0/s1. The van der Waals surface area contributed by atoms with Gasteiger partial charge in [0.25, 0.3) is 11.8 Å². The molecule has 5 N–H and O–H groups in total. The molecule has 4 rings (SSSR count). The van der Waals surface area contributed by atoms with Crippen LogP contribution in [0.4, 0.5) is 0 Å². The molecule has 19 nitrogen and oxygen atoms in total. The fourth-order valence-corrected chi connectivity index (χ4v) is 10.3. The number of para-hydroxylation sites is 1. The van der Waals surface area contributed by atoms with Gasteiger partial charge in [-0.05, 0) is 74.1 Å². The van der Waals surface area contributed by atoms with Crippen LogP contribution in [0.25, 0.3) is 10.9 Å². The van der Waals surface area contributed by atoms with E-state index in [-0.39, 0.29) is 79.1 Å². The van der Waals surface area contributed by atoms with Crippen LogP contribution in [0.5, 0.6) is 0 Å². The average Bonchev–Trinajstić information content (AvgIpc) is 4.13. The van der Waals surface area contributed by atoms with Gasteiger partial charge in [0, 0.05) is 63.0 Å². The van der Waals surface area contributed by atoms with Gasteiger partial charge in [0.1, 0.15) is 12.1 Å². The maximum absolute atomic E-state index is 14.4. The Morgan fingerprint density at radius 1 is 0.882 bits per heavy atom. The second-order valence-electron chi connectivity index (χ2n) is 20.8. The first-order valence-corrected chi connectivity index (χ1v) is 26.8. The van der Waals surface area contributed by atoms with Crippen LogP contribution in [-0.2, 0) is 63.7 Å². The molecular formula is C57H87N7O12. The van der Waals surface area contributed by atoms with Gasteiger partial charge in [0.15, 0.2) is 5.78 Å². The summed E-state index contributed by atoms with van der Waals surface area (Å²) in [7, 11) is 4.92. The predicted octanol–water partition coefficient (Wildman–Crippen LogP) is 4.53. The zero-order valence-corrected chi connectivity index (χ0v) is 46.7. The SMILES string of the molecule is C=C(C(=O)[C@@H](NC(=O)[C@H](C(=C)C)N(C)CCOCCOCCOCCN1C(=O)C=CC1=O)C(C)C)C(C)CC([C@@H](C)CC)[C@@H](CC(=O)N1CCC[C@H]1[C@H](OC)[C@@H](C)C(=O)N[C@@H](Cc1c[nH]c2ccccc12)C(N)=O)OC. The zero-order chi connectivity index (χ0) is 56.2. The smallest absolute Gasteiger partial charge is 0.253 e. The molecule has 2 aromatic rings. The predicted molar refractivity (Wildman–Crippen MR) is 290 cm³/mol. The van der Waals surface area contributed by atoms with Crippen molar-refractivity contribution in [1.29, 1.82) is 0 Å². The van der Waals surface area contributed by atoms with Crippen LogP contribution >= 0.6 is 0 Å². The molecule has 2 unspecified atom stereocenters. The molecule has 1 fully saturated rings. The minimum atomic E-state index is -0.964. The van der Waals surface area contributed by atoms with Gasteiger partial charge in [-0.2, -0.15) is 0 Å². The monoisotopic (exact) mass is 1060 g/mol. The number of aromatic amines is 1. The number of rotatable bonds is 36. The molecule has 1 aromatic heterocycles. The lowest BCUT2D eigenvalue weighted by atomic mass is 9.76. The van der Waals surface area contributed by atoms with Crippen molar-refractivity contribution < 1.29 is 57.2 Å². The Balaban J connectivity index is 1.30. The number of nitrogens with zero attached hydrogens (tertiary/aromatic N) is 3. The maximum Gasteiger partial charge on any atom is 0.253 e. The second kappa shape index (κ2) is 31.0. The molecule has 0 spiro atoms. The fourth-order valence-electron chi connectivity index (χ4n) is 10.3. The molecule has 6 amide bonds. The minimum absolute atomic E-state index is 0.0734. The highest BCUT2D eigenvalue weighted by Gasteiger charge is 2.42. The Labute approximate surface area is 450 Å². The number of likely N-dealkylation sites (tertiary alicyclic amines) is 1. The van der Waals surface area contributed by atoms with Crippen LogP contribution < -0.4 is 16.4 Å². The van der Waals surface area contributed by atoms with Crippen LogP contribution in [-0.4, -0.2) is 178 Å². The van der Waals surface area contributed by atoms with E-state index in [1.807, 2.05) is 56.1 Å². The lowest BCUT2D eigenvalue weighted by Gasteiger charge is -2.37. The number of ketones is 1. The molecule has 1 aromatic carbocycles. The molecule has 2 aliphatic heterocycles. The van der Waals surface area contributed by atoms with E-state index in [0.29, 0.717) is 70.1 Å². The molecule has 19 heteroatoms. The Morgan fingerprint density at radius 2 is 1.51 bits per heavy atom. The normalized spacial score (nSPS) is 18.3. The van der Waals surface area contributed by atoms with Crippen LogP contribution in [0.1, 0.15) is 86.1 Å². The number of benzene rings is 1. The van der Waals surface area contributed by atoms with Crippen molar-refractivity contribution in [1.82, 2.24) is 30.3 Å². The van der Waals surface area contributed by atoms with Gasteiger partial charge < -0.3 is 49.9 Å². The molecule has 0 saturated carbocycles. The van der Waals surface area contributed by atoms with E-state index in [9.17, 15) is 33.6 Å². The topological polar surface area (TPSA) is 241 Å². The highest BCUT2D eigenvalue weighted by Crippen LogP contribution is 2.35. The van der Waals surface area contributed by atoms with E-state index >= 15 is 0 Å². The Morgan fingerprint density at radius 3 is 2.11 bits per heavy atom. The number of aromatic nitrogens is 1. The summed E-state index contributed by atoms with van der Waals surface area (Å²) in [6.45, 7) is 24.6. The molecular weight excluding hydrogens is 975 g/mol. The van der Waals surface area contributed by atoms with Gasteiger partial charge in [0.05, 0.1) is 82.8 Å². The van der Waals surface area contributed by atoms with E-state index in [1.165, 1.54) is 19.3 Å². The van der Waals surface area contributed by atoms with Crippen molar-refractivity contribution in [2.45, 2.75) is 123 Å². The van der Waals surface area contributed by atoms with E-state index in [4.69, 9.17) is 29.4 Å². The van der Waals surface area contributed by atoms with Gasteiger partial charge in [-0.15, -0.1) is 0 Å². The number of amides is 6. The number of nitrogens with one attached hydrogen (secondary N) is 3. The molecule has 3 heterocycles. The number of imide groups is 1. The van der Waals surface area contributed by atoms with Crippen molar-refractivity contribution in [3.63, 3.8) is 0 Å². The summed E-state index contributed by atoms with van der Waals surface area (Å²) in [6, 6.07) is 4.74. The number of primary amides is 1. The second-order valence-corrected chi connectivity index (χ2v) is 20.8. The highest BCUT2D eigenvalue weighted by atomic mass is 16.5. The zero-order valence-electron chi connectivity index (χ0n) is 46.7. The molecule has 76 heavy (non-hydrogen) atoms. The van der Waals surface area contributed by atoms with E-state index in [0.717, 1.165) is 34.2 Å². The molecule has 10 atom stereocenters. The van der Waals surface area contributed by atoms with Crippen LogP contribution in [0.2, 0.25) is 0 Å². The number of fused-ring (bicyclic) bond motifs is 1. The number of likely N-dealkylation sites (N-methyl/N-ethyl adjacent to an activating group) is 1. The first kappa shape index (κ1) is 63.0. The van der Waals surface area contributed by atoms with Gasteiger partial charge in [-0.1, -0.05) is 84.9 Å². The number of Topliss-reactive ketones (excluding diaryl/α,β-unsaturated/α-hetero) is 1. The van der Waals surface area contributed by atoms with Gasteiger partial charge in [-0.3, -0.25) is 43.4 Å². The van der Waals surface area contributed by atoms with Crippen molar-refractivity contribution in [3.05, 3.63) is 72.5 Å². The number of H-pyrrole nitrogens is 1. The number of hydrogen-bond acceptors (Lipinski definition) is 13. The van der Waals surface area contributed by atoms with Crippen molar-refractivity contribution in [3.8, 4) is 0 Å². The number of methoxy groups -OCH3 is 2. The molecule has 422 valence electrons. The molecule has 0 aliphatic carbocycles. The summed E-state index contributed by atoms with van der Waals surface area (Å²) in [4.78, 5) is 100. The Hall–Kier alpha value is -5.57. The van der Waals surface area contributed by atoms with E-state index in [1.54, 1.807) is 32.9 Å². The largest absolute Gasteiger partial charge is 0.381 e.